The van der Waals surface area contributed by atoms with Gasteiger partial charge in [0.1, 0.15) is 18.0 Å². The molecule has 2 aliphatic heterocycles. The van der Waals surface area contributed by atoms with E-state index in [1.807, 2.05) is 17.5 Å². The first kappa shape index (κ1) is 19.9. The van der Waals surface area contributed by atoms with E-state index in [1.165, 1.54) is 16.7 Å². The third kappa shape index (κ3) is 4.04. The van der Waals surface area contributed by atoms with Gasteiger partial charge in [-0.2, -0.15) is 0 Å². The minimum Gasteiger partial charge on any atom is -0.479 e. The van der Waals surface area contributed by atoms with Crippen LogP contribution >= 0.6 is 39.0 Å². The molecule has 1 aromatic heterocycles. The van der Waals surface area contributed by atoms with Gasteiger partial charge in [0.15, 0.2) is 6.04 Å². The second-order valence-corrected chi connectivity index (χ2v) is 8.53. The van der Waals surface area contributed by atoms with Gasteiger partial charge >= 0.3 is 11.9 Å². The number of carboxylic acid groups (broad SMARTS) is 1. The molecule has 3 heterocycles. The number of carbonyl (C=O) groups excluding carboxylic acids is 3. The van der Waals surface area contributed by atoms with Gasteiger partial charge in [0.25, 0.3) is 0 Å². The van der Waals surface area contributed by atoms with Crippen LogP contribution in [0.15, 0.2) is 28.5 Å². The van der Waals surface area contributed by atoms with Crippen molar-refractivity contribution < 1.29 is 29.0 Å². The molecule has 0 saturated carbocycles. The van der Waals surface area contributed by atoms with Gasteiger partial charge in [-0.25, -0.2) is 9.59 Å². The summed E-state index contributed by atoms with van der Waals surface area (Å²) in [7, 11) is 0. The summed E-state index contributed by atoms with van der Waals surface area (Å²) in [5.74, 6) is -2.93. The average molecular weight is 475 g/mol. The molecule has 27 heavy (non-hydrogen) atoms. The van der Waals surface area contributed by atoms with E-state index in [2.05, 4.69) is 21.2 Å². The summed E-state index contributed by atoms with van der Waals surface area (Å²) in [5.41, 5.74) is -0.0959. The molecule has 3 atom stereocenters. The van der Waals surface area contributed by atoms with Gasteiger partial charge in [-0.15, -0.1) is 23.1 Å². The molecule has 0 bridgehead atoms. The number of nitrogens with zero attached hydrogens (tertiary/aromatic N) is 1. The number of thioether (sulfide) groups is 1. The summed E-state index contributed by atoms with van der Waals surface area (Å²) in [6, 6.07) is 1.42. The van der Waals surface area contributed by atoms with Crippen molar-refractivity contribution >= 4 is 62.8 Å². The first-order valence-corrected chi connectivity index (χ1v) is 10.8. The normalized spacial score (nSPS) is 23.7. The number of carbonyl (C=O) groups is 4. The number of hydrogen-bond donors (Lipinski definition) is 2. The first-order valence-electron chi connectivity index (χ1n) is 7.89. The summed E-state index contributed by atoms with van der Waals surface area (Å²) in [6.45, 7) is 0.0892. The van der Waals surface area contributed by atoms with E-state index in [1.54, 1.807) is 0 Å². The van der Waals surface area contributed by atoms with Crippen LogP contribution in [0.4, 0.5) is 0 Å². The molecule has 8 nitrogen and oxygen atoms in total. The van der Waals surface area contributed by atoms with E-state index in [0.717, 1.165) is 21.5 Å². The van der Waals surface area contributed by atoms with Crippen LogP contribution in [0.3, 0.4) is 0 Å². The smallest absolute Gasteiger partial charge is 0.337 e. The lowest BCUT2D eigenvalue weighted by molar-refractivity contribution is -0.161. The number of esters is 1. The molecule has 1 fully saturated rings. The molecule has 2 amide bonds. The van der Waals surface area contributed by atoms with Gasteiger partial charge in [-0.05, 0) is 16.9 Å². The van der Waals surface area contributed by atoms with Crippen LogP contribution in [0.2, 0.25) is 0 Å². The fraction of sp³-hybridized carbons (Fsp3) is 0.375. The number of amides is 2. The topological polar surface area (TPSA) is 113 Å². The number of fused-ring (bicyclic) bond motifs is 1. The lowest BCUT2D eigenvalue weighted by Crippen LogP contribution is -2.74. The van der Waals surface area contributed by atoms with Crippen molar-refractivity contribution in [1.82, 2.24) is 10.2 Å². The molecule has 0 radical (unpaired) electrons. The fourth-order valence-electron chi connectivity index (χ4n) is 2.82. The Bertz CT molecular complexity index is 797. The Morgan fingerprint density at radius 1 is 1.37 bits per heavy atom. The predicted octanol–water partition coefficient (Wildman–Crippen LogP) is 0.966. The molecule has 0 spiro atoms. The van der Waals surface area contributed by atoms with Crippen molar-refractivity contribution in [3.05, 3.63) is 33.4 Å². The Morgan fingerprint density at radius 2 is 2.15 bits per heavy atom. The fourth-order valence-corrected chi connectivity index (χ4v) is 4.89. The first-order chi connectivity index (χ1) is 12.9. The van der Waals surface area contributed by atoms with Crippen molar-refractivity contribution in [3.63, 3.8) is 0 Å². The highest BCUT2D eigenvalue weighted by Gasteiger charge is 2.57. The molecular formula is C16H15BrN2O6S2. The number of ether oxygens (including phenoxy) is 1. The largest absolute Gasteiger partial charge is 0.479 e. The van der Waals surface area contributed by atoms with Crippen LogP contribution < -0.4 is 5.32 Å². The molecule has 144 valence electrons. The molecule has 2 unspecified atom stereocenters. The number of hydrogen-bond acceptors (Lipinski definition) is 7. The van der Waals surface area contributed by atoms with E-state index in [9.17, 15) is 24.3 Å². The molecular weight excluding hydrogens is 460 g/mol. The summed E-state index contributed by atoms with van der Waals surface area (Å²) in [5, 5.41) is 15.3. The van der Waals surface area contributed by atoms with Crippen molar-refractivity contribution in [2.24, 2.45) is 0 Å². The summed E-state index contributed by atoms with van der Waals surface area (Å²) in [6.07, 6.45) is 0.154. The molecule has 11 heteroatoms. The number of aliphatic carboxylic acids is 1. The van der Waals surface area contributed by atoms with Gasteiger partial charge in [0.2, 0.25) is 11.8 Å². The third-order valence-electron chi connectivity index (χ3n) is 4.00. The van der Waals surface area contributed by atoms with Crippen LogP contribution in [-0.2, 0) is 30.3 Å². The van der Waals surface area contributed by atoms with Crippen molar-refractivity contribution in [3.8, 4) is 0 Å². The molecule has 0 aromatic carbocycles. The number of halogens is 1. The van der Waals surface area contributed by atoms with Crippen LogP contribution in [0.5, 0.6) is 0 Å². The zero-order chi connectivity index (χ0) is 19.6. The molecule has 2 N–H and O–H groups in total. The van der Waals surface area contributed by atoms with E-state index in [-0.39, 0.29) is 24.5 Å². The van der Waals surface area contributed by atoms with E-state index in [4.69, 9.17) is 4.74 Å². The van der Waals surface area contributed by atoms with Gasteiger partial charge in [-0.3, -0.25) is 9.59 Å². The summed E-state index contributed by atoms with van der Waals surface area (Å²) >= 11 is 5.68. The van der Waals surface area contributed by atoms with Crippen molar-refractivity contribution in [2.45, 2.75) is 23.9 Å². The standard InChI is InChI=1S/C16H15BrN2O6S2/c17-3-4-25-16(24)9-7-27-14-11(13(21)19(14)12(9)15(22)23)18-10(20)6-8-2-1-5-26-8/h1-2,5,7,11-12,14H,3-4,6H2,(H,18,20)(H,22,23)/t11?,12?,14-/m1/s1. The highest BCUT2D eigenvalue weighted by molar-refractivity contribution is 9.09. The van der Waals surface area contributed by atoms with Gasteiger partial charge in [0.05, 0.1) is 12.0 Å². The molecule has 1 saturated heterocycles. The lowest BCUT2D eigenvalue weighted by Gasteiger charge is -2.50. The number of rotatable bonds is 7. The van der Waals surface area contributed by atoms with Crippen LogP contribution in [-0.4, -0.2) is 63.2 Å². The van der Waals surface area contributed by atoms with Crippen molar-refractivity contribution in [1.29, 1.82) is 0 Å². The Morgan fingerprint density at radius 3 is 2.78 bits per heavy atom. The summed E-state index contributed by atoms with van der Waals surface area (Å²) in [4.78, 5) is 50.4. The number of carboxylic acids is 1. The monoisotopic (exact) mass is 474 g/mol. The molecule has 3 rings (SSSR count). The summed E-state index contributed by atoms with van der Waals surface area (Å²) < 4.78 is 4.97. The van der Waals surface area contributed by atoms with Crippen molar-refractivity contribution in [2.75, 3.05) is 11.9 Å². The highest BCUT2D eigenvalue weighted by Crippen LogP contribution is 2.40. The number of alkyl halides is 1. The highest BCUT2D eigenvalue weighted by atomic mass is 79.9. The minimum absolute atomic E-state index is 0.0892. The van der Waals surface area contributed by atoms with Crippen LogP contribution in [0.1, 0.15) is 4.88 Å². The predicted molar refractivity (Wildman–Crippen MR) is 102 cm³/mol. The maximum absolute atomic E-state index is 12.5. The van der Waals surface area contributed by atoms with E-state index in [0.29, 0.717) is 5.33 Å². The molecule has 2 aliphatic rings. The van der Waals surface area contributed by atoms with Gasteiger partial charge in [-0.1, -0.05) is 22.0 Å². The number of nitrogens with one attached hydrogen (secondary N) is 1. The lowest BCUT2D eigenvalue weighted by atomic mass is 9.98. The minimum atomic E-state index is -1.42. The second-order valence-electron chi connectivity index (χ2n) is 5.71. The van der Waals surface area contributed by atoms with E-state index < -0.39 is 35.3 Å². The Kier molecular flexibility index (Phi) is 6.22. The van der Waals surface area contributed by atoms with Crippen LogP contribution in [0.25, 0.3) is 0 Å². The maximum atomic E-state index is 12.5. The Labute approximate surface area is 171 Å². The second kappa shape index (κ2) is 8.44. The van der Waals surface area contributed by atoms with Gasteiger partial charge in [0, 0.05) is 10.2 Å². The average Bonchev–Trinajstić information content (AvgIpc) is 3.15. The number of β-lactam (4-membered cyclic amide) rings is 1. The van der Waals surface area contributed by atoms with Crippen LogP contribution in [0, 0.1) is 0 Å². The maximum Gasteiger partial charge on any atom is 0.337 e. The Hall–Kier alpha value is -1.85. The van der Waals surface area contributed by atoms with E-state index >= 15 is 0 Å². The Balaban J connectivity index is 1.70. The van der Waals surface area contributed by atoms with Gasteiger partial charge < -0.3 is 20.1 Å². The molecule has 1 aromatic rings. The third-order valence-corrected chi connectivity index (χ3v) is 6.37. The molecule has 0 aliphatic carbocycles. The zero-order valence-corrected chi connectivity index (χ0v) is 17.0. The quantitative estimate of drug-likeness (QED) is 0.343. The zero-order valence-electron chi connectivity index (χ0n) is 13.8. The number of thiophene rings is 1. The SMILES string of the molecule is O=C(Cc1cccs1)NC1C(=O)N2C(C(=O)O)C(C(=O)OCCBr)=CS[C@H]12.